The maximum atomic E-state index is 11.9. The Morgan fingerprint density at radius 2 is 1.71 bits per heavy atom. The SMILES string of the molecule is COC(=O)c1ccccc1Nc1ncnc(Nc2cccc(C(C)=O)c2)c1N. The third-order valence-corrected chi connectivity index (χ3v) is 4.00. The molecule has 0 aliphatic carbocycles. The zero-order valence-electron chi connectivity index (χ0n) is 15.4. The van der Waals surface area contributed by atoms with E-state index in [2.05, 4.69) is 20.6 Å². The number of carbonyl (C=O) groups is 2. The van der Waals surface area contributed by atoms with Gasteiger partial charge in [-0.2, -0.15) is 0 Å². The molecule has 3 aromatic rings. The third kappa shape index (κ3) is 4.07. The van der Waals surface area contributed by atoms with Gasteiger partial charge in [0.15, 0.2) is 17.4 Å². The number of carbonyl (C=O) groups excluding carboxylic acids is 2. The predicted octanol–water partition coefficient (Wildman–Crippen LogP) is 3.54. The van der Waals surface area contributed by atoms with E-state index < -0.39 is 5.97 Å². The Labute approximate surface area is 161 Å². The largest absolute Gasteiger partial charge is 0.465 e. The number of nitrogens with two attached hydrogens (primary N) is 1. The minimum Gasteiger partial charge on any atom is -0.465 e. The van der Waals surface area contributed by atoms with Gasteiger partial charge in [0.2, 0.25) is 0 Å². The minimum atomic E-state index is -0.477. The van der Waals surface area contributed by atoms with Gasteiger partial charge in [-0.1, -0.05) is 24.3 Å². The van der Waals surface area contributed by atoms with Gasteiger partial charge in [-0.25, -0.2) is 14.8 Å². The lowest BCUT2D eigenvalue weighted by Gasteiger charge is -2.14. The van der Waals surface area contributed by atoms with E-state index in [0.29, 0.717) is 34.1 Å². The van der Waals surface area contributed by atoms with Crippen LogP contribution in [0.25, 0.3) is 0 Å². The first-order chi connectivity index (χ1) is 13.5. The van der Waals surface area contributed by atoms with Crippen molar-refractivity contribution >= 4 is 40.5 Å². The van der Waals surface area contributed by atoms with Crippen LogP contribution >= 0.6 is 0 Å². The zero-order chi connectivity index (χ0) is 20.1. The third-order valence-electron chi connectivity index (χ3n) is 4.00. The van der Waals surface area contributed by atoms with Crippen LogP contribution in [0.3, 0.4) is 0 Å². The molecule has 0 atom stereocenters. The maximum absolute atomic E-state index is 11.9. The molecule has 0 radical (unpaired) electrons. The van der Waals surface area contributed by atoms with E-state index in [-0.39, 0.29) is 11.5 Å². The fourth-order valence-corrected chi connectivity index (χ4v) is 2.56. The molecule has 1 heterocycles. The highest BCUT2D eigenvalue weighted by Gasteiger charge is 2.14. The number of esters is 1. The summed E-state index contributed by atoms with van der Waals surface area (Å²) in [6.07, 6.45) is 1.34. The van der Waals surface area contributed by atoms with E-state index in [1.807, 2.05) is 0 Å². The topological polar surface area (TPSA) is 119 Å². The van der Waals surface area contributed by atoms with Gasteiger partial charge in [-0.05, 0) is 31.2 Å². The molecular formula is C20H19N5O3. The van der Waals surface area contributed by atoms with Crippen molar-refractivity contribution in [1.29, 1.82) is 0 Å². The molecular weight excluding hydrogens is 358 g/mol. The lowest BCUT2D eigenvalue weighted by molar-refractivity contribution is 0.0601. The van der Waals surface area contributed by atoms with Crippen molar-refractivity contribution in [3.8, 4) is 0 Å². The van der Waals surface area contributed by atoms with Crippen molar-refractivity contribution in [1.82, 2.24) is 9.97 Å². The van der Waals surface area contributed by atoms with Crippen LogP contribution in [-0.2, 0) is 4.74 Å². The van der Waals surface area contributed by atoms with Crippen molar-refractivity contribution in [2.75, 3.05) is 23.5 Å². The summed E-state index contributed by atoms with van der Waals surface area (Å²) in [5.74, 6) is 0.182. The van der Waals surface area contributed by atoms with Crippen LogP contribution in [0.15, 0.2) is 54.9 Å². The molecule has 0 fully saturated rings. The Morgan fingerprint density at radius 1 is 1.00 bits per heavy atom. The van der Waals surface area contributed by atoms with Gasteiger partial charge in [0.05, 0.1) is 18.4 Å². The molecule has 0 bridgehead atoms. The van der Waals surface area contributed by atoms with Crippen molar-refractivity contribution in [3.05, 3.63) is 66.0 Å². The van der Waals surface area contributed by atoms with Crippen molar-refractivity contribution < 1.29 is 14.3 Å². The van der Waals surface area contributed by atoms with Crippen LogP contribution < -0.4 is 16.4 Å². The number of Topliss-reactive ketones (excluding diaryl/α,β-unsaturated/α-hetero) is 1. The van der Waals surface area contributed by atoms with Gasteiger partial charge in [-0.15, -0.1) is 0 Å². The van der Waals surface area contributed by atoms with E-state index in [4.69, 9.17) is 10.5 Å². The van der Waals surface area contributed by atoms with Gasteiger partial charge in [0.1, 0.15) is 12.0 Å². The Bertz CT molecular complexity index is 1040. The molecule has 142 valence electrons. The molecule has 0 saturated carbocycles. The molecule has 8 heteroatoms. The standard InChI is InChI=1S/C20H19N5O3/c1-12(26)13-6-5-7-14(10-13)24-18-17(21)19(23-11-22-18)25-16-9-4-3-8-15(16)20(27)28-2/h3-11H,21H2,1-2H3,(H2,22,23,24,25). The molecule has 8 nitrogen and oxygen atoms in total. The molecule has 4 N–H and O–H groups in total. The smallest absolute Gasteiger partial charge is 0.339 e. The lowest BCUT2D eigenvalue weighted by Crippen LogP contribution is -2.09. The quantitative estimate of drug-likeness (QED) is 0.441. The number of hydrogen-bond acceptors (Lipinski definition) is 8. The first kappa shape index (κ1) is 18.8. The first-order valence-electron chi connectivity index (χ1n) is 8.42. The number of hydrogen-bond donors (Lipinski definition) is 3. The number of methoxy groups -OCH3 is 1. The summed E-state index contributed by atoms with van der Waals surface area (Å²) in [7, 11) is 1.31. The summed E-state index contributed by atoms with van der Waals surface area (Å²) in [5.41, 5.74) is 8.56. The number of aromatic nitrogens is 2. The van der Waals surface area contributed by atoms with Gasteiger partial charge in [0.25, 0.3) is 0 Å². The molecule has 0 spiro atoms. The molecule has 28 heavy (non-hydrogen) atoms. The normalized spacial score (nSPS) is 10.2. The Hall–Kier alpha value is -3.94. The number of nitrogens with one attached hydrogen (secondary N) is 2. The van der Waals surface area contributed by atoms with Crippen LogP contribution in [0.4, 0.5) is 28.7 Å². The second-order valence-corrected chi connectivity index (χ2v) is 5.91. The molecule has 2 aromatic carbocycles. The highest BCUT2D eigenvalue weighted by molar-refractivity contribution is 5.97. The Morgan fingerprint density at radius 3 is 2.43 bits per heavy atom. The number of ether oxygens (including phenoxy) is 1. The second-order valence-electron chi connectivity index (χ2n) is 5.91. The number of anilines is 5. The van der Waals surface area contributed by atoms with E-state index in [0.717, 1.165) is 0 Å². The highest BCUT2D eigenvalue weighted by Crippen LogP contribution is 2.29. The predicted molar refractivity (Wildman–Crippen MR) is 107 cm³/mol. The van der Waals surface area contributed by atoms with Crippen LogP contribution in [-0.4, -0.2) is 28.8 Å². The molecule has 0 saturated heterocycles. The number of rotatable bonds is 6. The van der Waals surface area contributed by atoms with Crippen LogP contribution in [0.5, 0.6) is 0 Å². The van der Waals surface area contributed by atoms with Gasteiger partial charge in [-0.3, -0.25) is 4.79 Å². The first-order valence-corrected chi connectivity index (χ1v) is 8.42. The summed E-state index contributed by atoms with van der Waals surface area (Å²) < 4.78 is 4.80. The zero-order valence-corrected chi connectivity index (χ0v) is 15.4. The van der Waals surface area contributed by atoms with Crippen molar-refractivity contribution in [2.45, 2.75) is 6.92 Å². The van der Waals surface area contributed by atoms with Crippen LogP contribution in [0.1, 0.15) is 27.6 Å². The molecule has 1 aromatic heterocycles. The van der Waals surface area contributed by atoms with Gasteiger partial charge < -0.3 is 21.1 Å². The average Bonchev–Trinajstić information content (AvgIpc) is 2.71. The Balaban J connectivity index is 1.89. The number of ketones is 1. The molecule has 0 unspecified atom stereocenters. The highest BCUT2D eigenvalue weighted by atomic mass is 16.5. The molecule has 3 rings (SSSR count). The summed E-state index contributed by atoms with van der Waals surface area (Å²) in [4.78, 5) is 31.8. The van der Waals surface area contributed by atoms with Crippen LogP contribution in [0.2, 0.25) is 0 Å². The summed E-state index contributed by atoms with van der Waals surface area (Å²) in [6, 6.07) is 13.9. The summed E-state index contributed by atoms with van der Waals surface area (Å²) in [6.45, 7) is 1.50. The van der Waals surface area contributed by atoms with Crippen molar-refractivity contribution in [2.24, 2.45) is 0 Å². The summed E-state index contributed by atoms with van der Waals surface area (Å²) >= 11 is 0. The number of nitrogens with zero attached hydrogens (tertiary/aromatic N) is 2. The number of nitrogen functional groups attached to an aromatic ring is 1. The van der Waals surface area contributed by atoms with Gasteiger partial charge >= 0.3 is 5.97 Å². The molecule has 0 amide bonds. The van der Waals surface area contributed by atoms with E-state index in [9.17, 15) is 9.59 Å². The molecule has 0 aliphatic heterocycles. The van der Waals surface area contributed by atoms with Gasteiger partial charge in [0, 0.05) is 11.3 Å². The average molecular weight is 377 g/mol. The monoisotopic (exact) mass is 377 g/mol. The minimum absolute atomic E-state index is 0.0407. The second kappa shape index (κ2) is 8.17. The summed E-state index contributed by atoms with van der Waals surface area (Å²) in [5, 5.41) is 6.12. The van der Waals surface area contributed by atoms with E-state index in [1.54, 1.807) is 48.5 Å². The molecule has 0 aliphatic rings. The maximum Gasteiger partial charge on any atom is 0.339 e. The Kier molecular flexibility index (Phi) is 5.50. The fourth-order valence-electron chi connectivity index (χ4n) is 2.56. The van der Waals surface area contributed by atoms with Crippen LogP contribution in [0, 0.1) is 0 Å². The fraction of sp³-hybridized carbons (Fsp3) is 0.100. The number of benzene rings is 2. The van der Waals surface area contributed by atoms with E-state index in [1.165, 1.54) is 20.4 Å². The van der Waals surface area contributed by atoms with E-state index >= 15 is 0 Å². The number of para-hydroxylation sites is 1. The lowest BCUT2D eigenvalue weighted by atomic mass is 10.1. The van der Waals surface area contributed by atoms with Crippen molar-refractivity contribution in [3.63, 3.8) is 0 Å².